The van der Waals surface area contributed by atoms with Crippen LogP contribution in [0, 0.1) is 0 Å². The second-order valence-corrected chi connectivity index (χ2v) is 9.04. The fourth-order valence-electron chi connectivity index (χ4n) is 4.60. The number of aromatic nitrogens is 3. The van der Waals surface area contributed by atoms with E-state index < -0.39 is 12.0 Å². The average Bonchev–Trinajstić information content (AvgIpc) is 3.39. The molecule has 37 heavy (non-hydrogen) atoms. The van der Waals surface area contributed by atoms with E-state index >= 15 is 0 Å². The average molecular weight is 500 g/mol. The predicted octanol–water partition coefficient (Wildman–Crippen LogP) is 4.45. The summed E-state index contributed by atoms with van der Waals surface area (Å²) in [6, 6.07) is 17.0. The second-order valence-electron chi connectivity index (χ2n) is 9.04. The lowest BCUT2D eigenvalue weighted by Gasteiger charge is -2.32. The van der Waals surface area contributed by atoms with Crippen LogP contribution in [0.3, 0.4) is 0 Å². The number of nitrogens with two attached hydrogens (primary N) is 1. The molecule has 2 atom stereocenters. The Labute approximate surface area is 214 Å². The first-order valence-corrected chi connectivity index (χ1v) is 12.3. The van der Waals surface area contributed by atoms with Gasteiger partial charge in [-0.05, 0) is 30.5 Å². The number of ether oxygens (including phenoxy) is 1. The summed E-state index contributed by atoms with van der Waals surface area (Å²) in [7, 11) is 0. The number of fused-ring (bicyclic) bond motifs is 1. The molecule has 6 N–H and O–H groups in total. The first-order valence-electron chi connectivity index (χ1n) is 12.3. The van der Waals surface area contributed by atoms with Crippen molar-refractivity contribution in [2.45, 2.75) is 44.4 Å². The third kappa shape index (κ3) is 5.80. The lowest BCUT2D eigenvalue weighted by molar-refractivity contribution is 0.1000. The van der Waals surface area contributed by atoms with Crippen molar-refractivity contribution in [3.8, 4) is 0 Å². The van der Waals surface area contributed by atoms with Crippen molar-refractivity contribution in [3.63, 3.8) is 0 Å². The van der Waals surface area contributed by atoms with Gasteiger partial charge in [0.25, 0.3) is 5.91 Å². The Morgan fingerprint density at radius 2 is 1.84 bits per heavy atom. The molecule has 1 aliphatic carbocycles. The maximum absolute atomic E-state index is 12.5. The maximum Gasteiger partial charge on any atom is 0.407 e. The van der Waals surface area contributed by atoms with E-state index in [9.17, 15) is 9.59 Å². The highest BCUT2D eigenvalue weighted by atomic mass is 16.5. The van der Waals surface area contributed by atoms with E-state index in [1.807, 2.05) is 60.8 Å². The van der Waals surface area contributed by atoms with Crippen LogP contribution in [0.1, 0.15) is 41.6 Å². The number of para-hydroxylation sites is 1. The summed E-state index contributed by atoms with van der Waals surface area (Å²) >= 11 is 0. The van der Waals surface area contributed by atoms with E-state index in [1.165, 1.54) is 6.20 Å². The van der Waals surface area contributed by atoms with Crippen LogP contribution in [0.15, 0.2) is 67.0 Å². The molecule has 2 aromatic carbocycles. The van der Waals surface area contributed by atoms with Gasteiger partial charge in [0.1, 0.15) is 18.0 Å². The number of hydrogen-bond donors (Lipinski definition) is 5. The lowest BCUT2D eigenvalue weighted by atomic mass is 9.90. The normalized spacial score (nSPS) is 17.2. The van der Waals surface area contributed by atoms with Crippen LogP contribution in [-0.2, 0) is 11.3 Å². The zero-order chi connectivity index (χ0) is 25.6. The van der Waals surface area contributed by atoms with Crippen LogP contribution >= 0.6 is 0 Å². The number of aromatic amines is 1. The molecule has 5 rings (SSSR count). The fraction of sp³-hybridized carbons (Fsp3) is 0.259. The highest BCUT2D eigenvalue weighted by molar-refractivity contribution is 6.00. The number of rotatable bonds is 8. The third-order valence-corrected chi connectivity index (χ3v) is 6.49. The van der Waals surface area contributed by atoms with Crippen molar-refractivity contribution in [3.05, 3.63) is 78.1 Å². The molecule has 0 aliphatic heterocycles. The third-order valence-electron chi connectivity index (χ3n) is 6.49. The molecule has 10 heteroatoms. The van der Waals surface area contributed by atoms with Gasteiger partial charge in [0.2, 0.25) is 5.95 Å². The Kier molecular flexibility index (Phi) is 7.16. The van der Waals surface area contributed by atoms with Crippen molar-refractivity contribution < 1.29 is 14.3 Å². The Morgan fingerprint density at radius 1 is 1.03 bits per heavy atom. The molecule has 0 bridgehead atoms. The molecule has 10 nitrogen and oxygen atoms in total. The van der Waals surface area contributed by atoms with Crippen LogP contribution in [0.5, 0.6) is 0 Å². The summed E-state index contributed by atoms with van der Waals surface area (Å²) in [4.78, 5) is 36.7. The fourth-order valence-corrected chi connectivity index (χ4v) is 4.60. The molecule has 4 aromatic rings. The highest BCUT2D eigenvalue weighted by Gasteiger charge is 2.28. The standard InChI is InChI=1S/C27H29N7O3/c28-24(35)19-15-30-26(34-25(19)31-22-12-6-9-18-13-14-29-23(18)22)32-20-10-4-5-11-21(20)33-27(36)37-16-17-7-2-1-3-8-17/h1-3,6-9,12-15,20-21,29H,4-5,10-11,16H2,(H2,28,35)(H,33,36)(H2,30,31,32,34)/t20-,21+/m1/s1. The molecule has 2 aromatic heterocycles. The number of nitrogens with one attached hydrogen (secondary N) is 4. The molecule has 0 spiro atoms. The van der Waals surface area contributed by atoms with Gasteiger partial charge in [0, 0.05) is 23.8 Å². The Morgan fingerprint density at radius 3 is 2.65 bits per heavy atom. The molecule has 1 fully saturated rings. The summed E-state index contributed by atoms with van der Waals surface area (Å²) < 4.78 is 5.41. The highest BCUT2D eigenvalue weighted by Crippen LogP contribution is 2.27. The molecule has 1 aliphatic rings. The van der Waals surface area contributed by atoms with Crippen LogP contribution in [0.25, 0.3) is 10.9 Å². The molecule has 2 heterocycles. The number of carbonyl (C=O) groups excluding carboxylic acids is 2. The van der Waals surface area contributed by atoms with Gasteiger partial charge < -0.3 is 31.4 Å². The summed E-state index contributed by atoms with van der Waals surface area (Å²) in [5.74, 6) is 0.00304. The minimum Gasteiger partial charge on any atom is -0.445 e. The SMILES string of the molecule is NC(=O)c1cnc(N[C@@H]2CCCC[C@@H]2NC(=O)OCc2ccccc2)nc1Nc1cccc2cc[nH]c12. The van der Waals surface area contributed by atoms with E-state index in [4.69, 9.17) is 10.5 Å². The molecule has 190 valence electrons. The first-order chi connectivity index (χ1) is 18.1. The Balaban J connectivity index is 1.29. The van der Waals surface area contributed by atoms with Gasteiger partial charge in [-0.1, -0.05) is 55.3 Å². The van der Waals surface area contributed by atoms with E-state index in [0.29, 0.717) is 11.8 Å². The van der Waals surface area contributed by atoms with Crippen LogP contribution in [0.4, 0.5) is 22.2 Å². The molecule has 0 saturated heterocycles. The van der Waals surface area contributed by atoms with Crippen LogP contribution in [-0.4, -0.2) is 39.0 Å². The number of nitrogens with zero attached hydrogens (tertiary/aromatic N) is 2. The van der Waals surface area contributed by atoms with Gasteiger partial charge >= 0.3 is 6.09 Å². The van der Waals surface area contributed by atoms with Gasteiger partial charge in [0.05, 0.1) is 17.2 Å². The van der Waals surface area contributed by atoms with Crippen molar-refractivity contribution in [1.82, 2.24) is 20.3 Å². The van der Waals surface area contributed by atoms with Gasteiger partial charge in [-0.15, -0.1) is 0 Å². The number of hydrogen-bond acceptors (Lipinski definition) is 7. The van der Waals surface area contributed by atoms with E-state index in [-0.39, 0.29) is 24.3 Å². The smallest absolute Gasteiger partial charge is 0.407 e. The minimum absolute atomic E-state index is 0.0999. The Hall–Kier alpha value is -4.60. The topological polar surface area (TPSA) is 147 Å². The van der Waals surface area contributed by atoms with Crippen molar-refractivity contribution in [1.29, 1.82) is 0 Å². The first kappa shape index (κ1) is 24.1. The number of benzene rings is 2. The minimum atomic E-state index is -0.633. The van der Waals surface area contributed by atoms with Gasteiger partial charge in [-0.2, -0.15) is 4.98 Å². The number of amides is 2. The zero-order valence-electron chi connectivity index (χ0n) is 20.2. The number of alkyl carbamates (subject to hydrolysis) is 1. The number of carbonyl (C=O) groups is 2. The number of primary amides is 1. The van der Waals surface area contributed by atoms with E-state index in [1.54, 1.807) is 0 Å². The number of H-pyrrole nitrogens is 1. The van der Waals surface area contributed by atoms with Gasteiger partial charge in [-0.25, -0.2) is 9.78 Å². The quantitative estimate of drug-likeness (QED) is 0.241. The van der Waals surface area contributed by atoms with Gasteiger partial charge in [-0.3, -0.25) is 4.79 Å². The van der Waals surface area contributed by atoms with Crippen LogP contribution in [0.2, 0.25) is 0 Å². The largest absolute Gasteiger partial charge is 0.445 e. The molecule has 2 amide bonds. The second kappa shape index (κ2) is 11.0. The summed E-state index contributed by atoms with van der Waals surface area (Å²) in [5, 5.41) is 10.6. The zero-order valence-corrected chi connectivity index (χ0v) is 20.2. The van der Waals surface area contributed by atoms with Crippen molar-refractivity contribution in [2.24, 2.45) is 5.73 Å². The summed E-state index contributed by atoms with van der Waals surface area (Å²) in [5.41, 5.74) is 8.34. The molecular formula is C27H29N7O3. The monoisotopic (exact) mass is 499 g/mol. The summed E-state index contributed by atoms with van der Waals surface area (Å²) in [6.07, 6.45) is 6.43. The maximum atomic E-state index is 12.5. The molecule has 1 saturated carbocycles. The summed E-state index contributed by atoms with van der Waals surface area (Å²) in [6.45, 7) is 0.206. The predicted molar refractivity (Wildman–Crippen MR) is 142 cm³/mol. The lowest BCUT2D eigenvalue weighted by Crippen LogP contribution is -2.48. The number of anilines is 3. The molecular weight excluding hydrogens is 470 g/mol. The van der Waals surface area contributed by atoms with Crippen molar-refractivity contribution in [2.75, 3.05) is 10.6 Å². The van der Waals surface area contributed by atoms with Crippen LogP contribution < -0.4 is 21.7 Å². The Bertz CT molecular complexity index is 1390. The van der Waals surface area contributed by atoms with Gasteiger partial charge in [0.15, 0.2) is 0 Å². The molecule has 0 radical (unpaired) electrons. The van der Waals surface area contributed by atoms with E-state index in [0.717, 1.165) is 47.8 Å². The van der Waals surface area contributed by atoms with E-state index in [2.05, 4.69) is 30.9 Å². The molecule has 0 unspecified atom stereocenters. The van der Waals surface area contributed by atoms with Crippen molar-refractivity contribution >= 4 is 40.4 Å².